The summed E-state index contributed by atoms with van der Waals surface area (Å²) < 4.78 is 5.13. The normalized spacial score (nSPS) is 16.1. The molecule has 1 atom stereocenters. The molecule has 1 aliphatic heterocycles. The summed E-state index contributed by atoms with van der Waals surface area (Å²) in [5.41, 5.74) is 2.36. The van der Waals surface area contributed by atoms with Crippen LogP contribution in [0.1, 0.15) is 17.5 Å². The molecule has 0 bridgehead atoms. The number of nitriles is 1. The molecule has 0 spiro atoms. The van der Waals surface area contributed by atoms with Gasteiger partial charge in [-0.1, -0.05) is 12.1 Å². The standard InChI is InChI=1S/C21H21N3O3/c1-27-19-8-4-15(5-9-19)10-11-23-21(26)17-12-20(25)24(14-17)18-6-2-16(13-22)3-7-18/h2-9,17H,10-12,14H2,1H3,(H,23,26). The van der Waals surface area contributed by atoms with Gasteiger partial charge in [0.2, 0.25) is 11.8 Å². The molecule has 1 heterocycles. The predicted molar refractivity (Wildman–Crippen MR) is 101 cm³/mol. The number of methoxy groups -OCH3 is 1. The highest BCUT2D eigenvalue weighted by molar-refractivity contribution is 6.00. The monoisotopic (exact) mass is 363 g/mol. The summed E-state index contributed by atoms with van der Waals surface area (Å²) in [6.45, 7) is 0.881. The van der Waals surface area contributed by atoms with Crippen molar-refractivity contribution in [3.05, 3.63) is 59.7 Å². The number of hydrogen-bond donors (Lipinski definition) is 1. The van der Waals surface area contributed by atoms with E-state index in [1.807, 2.05) is 24.3 Å². The molecule has 2 aromatic rings. The van der Waals surface area contributed by atoms with Crippen molar-refractivity contribution >= 4 is 17.5 Å². The van der Waals surface area contributed by atoms with Gasteiger partial charge in [-0.15, -0.1) is 0 Å². The molecular weight excluding hydrogens is 342 g/mol. The molecule has 1 aliphatic rings. The maximum Gasteiger partial charge on any atom is 0.227 e. The Labute approximate surface area is 158 Å². The first-order chi connectivity index (χ1) is 13.1. The summed E-state index contributed by atoms with van der Waals surface area (Å²) in [6.07, 6.45) is 0.921. The average Bonchev–Trinajstić information content (AvgIpc) is 3.10. The molecule has 138 valence electrons. The Kier molecular flexibility index (Phi) is 5.72. The Morgan fingerprint density at radius 3 is 2.56 bits per heavy atom. The second-order valence-electron chi connectivity index (χ2n) is 6.45. The van der Waals surface area contributed by atoms with Crippen LogP contribution in [0, 0.1) is 17.2 Å². The smallest absolute Gasteiger partial charge is 0.227 e. The minimum Gasteiger partial charge on any atom is -0.497 e. The topological polar surface area (TPSA) is 82.4 Å². The molecule has 1 saturated heterocycles. The maximum absolute atomic E-state index is 12.4. The van der Waals surface area contributed by atoms with Crippen LogP contribution in [0.5, 0.6) is 5.75 Å². The fourth-order valence-electron chi connectivity index (χ4n) is 3.12. The third kappa shape index (κ3) is 4.45. The van der Waals surface area contributed by atoms with Gasteiger partial charge >= 0.3 is 0 Å². The molecule has 2 amide bonds. The highest BCUT2D eigenvalue weighted by Crippen LogP contribution is 2.25. The van der Waals surface area contributed by atoms with E-state index in [-0.39, 0.29) is 24.2 Å². The third-order valence-corrected chi connectivity index (χ3v) is 4.68. The Hall–Kier alpha value is -3.33. The lowest BCUT2D eigenvalue weighted by molar-refractivity contribution is -0.126. The Morgan fingerprint density at radius 2 is 1.93 bits per heavy atom. The van der Waals surface area contributed by atoms with Gasteiger partial charge in [-0.3, -0.25) is 9.59 Å². The number of carbonyl (C=O) groups is 2. The van der Waals surface area contributed by atoms with E-state index in [0.29, 0.717) is 24.3 Å². The van der Waals surface area contributed by atoms with Crippen LogP contribution in [0.2, 0.25) is 0 Å². The summed E-state index contributed by atoms with van der Waals surface area (Å²) in [5, 5.41) is 11.8. The molecule has 6 heteroatoms. The van der Waals surface area contributed by atoms with Gasteiger partial charge in [-0.05, 0) is 48.4 Å². The zero-order valence-electron chi connectivity index (χ0n) is 15.1. The van der Waals surface area contributed by atoms with Crippen molar-refractivity contribution in [1.82, 2.24) is 5.32 Å². The van der Waals surface area contributed by atoms with Gasteiger partial charge in [0.05, 0.1) is 24.7 Å². The van der Waals surface area contributed by atoms with Crippen molar-refractivity contribution in [3.8, 4) is 11.8 Å². The van der Waals surface area contributed by atoms with Crippen molar-refractivity contribution in [2.45, 2.75) is 12.8 Å². The summed E-state index contributed by atoms with van der Waals surface area (Å²) in [5.74, 6) is 0.266. The number of amides is 2. The number of ether oxygens (including phenoxy) is 1. The molecule has 1 N–H and O–H groups in total. The van der Waals surface area contributed by atoms with E-state index >= 15 is 0 Å². The number of nitrogens with one attached hydrogen (secondary N) is 1. The van der Waals surface area contributed by atoms with E-state index < -0.39 is 0 Å². The van der Waals surface area contributed by atoms with E-state index in [9.17, 15) is 9.59 Å². The van der Waals surface area contributed by atoms with Crippen LogP contribution in [-0.4, -0.2) is 32.0 Å². The minimum atomic E-state index is -0.357. The van der Waals surface area contributed by atoms with Crippen molar-refractivity contribution in [3.63, 3.8) is 0 Å². The number of hydrogen-bond acceptors (Lipinski definition) is 4. The van der Waals surface area contributed by atoms with Gasteiger partial charge < -0.3 is 15.0 Å². The fourth-order valence-corrected chi connectivity index (χ4v) is 3.12. The fraction of sp³-hybridized carbons (Fsp3) is 0.286. The summed E-state index contributed by atoms with van der Waals surface area (Å²) in [6, 6.07) is 16.6. The van der Waals surface area contributed by atoms with Gasteiger partial charge in [0.15, 0.2) is 0 Å². The SMILES string of the molecule is COc1ccc(CCNC(=O)C2CC(=O)N(c3ccc(C#N)cc3)C2)cc1. The van der Waals surface area contributed by atoms with Crippen LogP contribution in [0.4, 0.5) is 5.69 Å². The molecule has 0 aromatic heterocycles. The molecule has 3 rings (SSSR count). The summed E-state index contributed by atoms with van der Waals surface area (Å²) in [4.78, 5) is 26.3. The highest BCUT2D eigenvalue weighted by Gasteiger charge is 2.34. The van der Waals surface area contributed by atoms with E-state index in [4.69, 9.17) is 10.00 Å². The second-order valence-corrected chi connectivity index (χ2v) is 6.45. The van der Waals surface area contributed by atoms with Crippen molar-refractivity contribution in [1.29, 1.82) is 5.26 Å². The average molecular weight is 363 g/mol. The summed E-state index contributed by atoms with van der Waals surface area (Å²) in [7, 11) is 1.62. The van der Waals surface area contributed by atoms with Gasteiger partial charge in [0.25, 0.3) is 0 Å². The van der Waals surface area contributed by atoms with E-state index in [1.54, 1.807) is 36.3 Å². The molecule has 27 heavy (non-hydrogen) atoms. The molecule has 2 aromatic carbocycles. The maximum atomic E-state index is 12.4. The van der Waals surface area contributed by atoms with Crippen molar-refractivity contribution in [2.24, 2.45) is 5.92 Å². The van der Waals surface area contributed by atoms with Crippen LogP contribution >= 0.6 is 0 Å². The molecule has 6 nitrogen and oxygen atoms in total. The van der Waals surface area contributed by atoms with E-state index in [1.165, 1.54) is 0 Å². The summed E-state index contributed by atoms with van der Waals surface area (Å²) >= 11 is 0. The molecule has 0 radical (unpaired) electrons. The minimum absolute atomic E-state index is 0.0741. The first kappa shape index (κ1) is 18.5. The lowest BCUT2D eigenvalue weighted by Gasteiger charge is -2.16. The number of anilines is 1. The first-order valence-corrected chi connectivity index (χ1v) is 8.82. The van der Waals surface area contributed by atoms with Gasteiger partial charge in [0, 0.05) is 25.2 Å². The van der Waals surface area contributed by atoms with Crippen LogP contribution in [0.3, 0.4) is 0 Å². The first-order valence-electron chi connectivity index (χ1n) is 8.82. The number of nitrogens with zero attached hydrogens (tertiary/aromatic N) is 2. The predicted octanol–water partition coefficient (Wildman–Crippen LogP) is 2.28. The molecule has 1 unspecified atom stereocenters. The van der Waals surface area contributed by atoms with E-state index in [2.05, 4.69) is 11.4 Å². The highest BCUT2D eigenvalue weighted by atomic mass is 16.5. The zero-order valence-corrected chi connectivity index (χ0v) is 15.1. The second kappa shape index (κ2) is 8.37. The Balaban J connectivity index is 1.51. The van der Waals surface area contributed by atoms with Crippen LogP contribution < -0.4 is 15.0 Å². The van der Waals surface area contributed by atoms with Gasteiger partial charge in [-0.25, -0.2) is 0 Å². The molecule has 1 fully saturated rings. The molecule has 0 saturated carbocycles. The third-order valence-electron chi connectivity index (χ3n) is 4.68. The largest absolute Gasteiger partial charge is 0.497 e. The molecular formula is C21H21N3O3. The quantitative estimate of drug-likeness (QED) is 0.854. The number of carbonyl (C=O) groups excluding carboxylic acids is 2. The number of benzene rings is 2. The zero-order chi connectivity index (χ0) is 19.2. The Bertz CT molecular complexity index is 854. The lowest BCUT2D eigenvalue weighted by Crippen LogP contribution is -2.34. The number of rotatable bonds is 6. The van der Waals surface area contributed by atoms with Crippen LogP contribution in [-0.2, 0) is 16.0 Å². The van der Waals surface area contributed by atoms with Crippen molar-refractivity contribution in [2.75, 3.05) is 25.1 Å². The van der Waals surface area contributed by atoms with Crippen LogP contribution in [0.15, 0.2) is 48.5 Å². The van der Waals surface area contributed by atoms with Crippen molar-refractivity contribution < 1.29 is 14.3 Å². The van der Waals surface area contributed by atoms with E-state index in [0.717, 1.165) is 17.7 Å². The Morgan fingerprint density at radius 1 is 1.22 bits per heavy atom. The van der Waals surface area contributed by atoms with Gasteiger partial charge in [-0.2, -0.15) is 5.26 Å². The van der Waals surface area contributed by atoms with Gasteiger partial charge in [0.1, 0.15) is 5.75 Å². The molecule has 0 aliphatic carbocycles. The van der Waals surface area contributed by atoms with Crippen LogP contribution in [0.25, 0.3) is 0 Å². The lowest BCUT2D eigenvalue weighted by atomic mass is 10.1.